The Balaban J connectivity index is 1.55. The first-order valence-electron chi connectivity index (χ1n) is 9.46. The number of fused-ring (bicyclic) bond motifs is 1. The van der Waals surface area contributed by atoms with Crippen molar-refractivity contribution < 1.29 is 4.42 Å². The zero-order valence-electron chi connectivity index (χ0n) is 15.7. The molecule has 4 aromatic rings. The molecule has 30 heavy (non-hydrogen) atoms. The maximum absolute atomic E-state index is 6.27. The van der Waals surface area contributed by atoms with Crippen LogP contribution in [0.1, 0.15) is 18.9 Å². The molecule has 0 aliphatic carbocycles. The first-order valence-corrected chi connectivity index (χ1v) is 10.6. The van der Waals surface area contributed by atoms with E-state index < -0.39 is 0 Å². The van der Waals surface area contributed by atoms with Crippen LogP contribution in [-0.2, 0) is 0 Å². The van der Waals surface area contributed by atoms with Gasteiger partial charge in [-0.25, -0.2) is 9.97 Å². The van der Waals surface area contributed by atoms with Gasteiger partial charge in [-0.2, -0.15) is 5.10 Å². The predicted octanol–water partition coefficient (Wildman–Crippen LogP) is 5.22. The molecule has 0 spiro atoms. The van der Waals surface area contributed by atoms with Crippen molar-refractivity contribution in [2.45, 2.75) is 18.9 Å². The number of rotatable bonds is 3. The van der Waals surface area contributed by atoms with Crippen LogP contribution >= 0.6 is 34.8 Å². The molecule has 10 heteroatoms. The quantitative estimate of drug-likeness (QED) is 0.404. The highest BCUT2D eigenvalue weighted by Gasteiger charge is 2.20. The van der Waals surface area contributed by atoms with Gasteiger partial charge in [0.1, 0.15) is 11.3 Å². The van der Waals surface area contributed by atoms with Gasteiger partial charge >= 0.3 is 0 Å². The standard InChI is InChI=1S/C20H17Cl3N6O/c21-14-6-15(22)18-17(16(14)23)28-20(30-18)13-5-10(7-26-19(13)24)11-8-27-29(9-11)12-1-3-25-4-2-12/h5-9,12,25H,1-4H2,(H2,24,26). The summed E-state index contributed by atoms with van der Waals surface area (Å²) >= 11 is 18.6. The van der Waals surface area contributed by atoms with E-state index in [2.05, 4.69) is 20.4 Å². The summed E-state index contributed by atoms with van der Waals surface area (Å²) in [6, 6.07) is 3.79. The van der Waals surface area contributed by atoms with Gasteiger partial charge in [-0.1, -0.05) is 34.8 Å². The van der Waals surface area contributed by atoms with Crippen LogP contribution in [0.5, 0.6) is 0 Å². The zero-order chi connectivity index (χ0) is 20.8. The van der Waals surface area contributed by atoms with Crippen molar-refractivity contribution in [3.05, 3.63) is 45.8 Å². The van der Waals surface area contributed by atoms with Crippen LogP contribution in [0.15, 0.2) is 35.1 Å². The minimum absolute atomic E-state index is 0.272. The molecule has 7 nitrogen and oxygen atoms in total. The number of nitrogens with zero attached hydrogens (tertiary/aromatic N) is 4. The smallest absolute Gasteiger partial charge is 0.231 e. The van der Waals surface area contributed by atoms with Crippen LogP contribution in [-0.4, -0.2) is 32.8 Å². The van der Waals surface area contributed by atoms with E-state index in [1.54, 1.807) is 6.20 Å². The summed E-state index contributed by atoms with van der Waals surface area (Å²) in [5.41, 5.74) is 9.20. The number of nitrogen functional groups attached to an aromatic ring is 1. The largest absolute Gasteiger partial charge is 0.434 e. The highest BCUT2D eigenvalue weighted by atomic mass is 35.5. The van der Waals surface area contributed by atoms with E-state index in [0.717, 1.165) is 37.1 Å². The third kappa shape index (κ3) is 3.41. The zero-order valence-corrected chi connectivity index (χ0v) is 18.0. The van der Waals surface area contributed by atoms with E-state index in [1.165, 1.54) is 6.07 Å². The van der Waals surface area contributed by atoms with Crippen molar-refractivity contribution in [1.82, 2.24) is 25.1 Å². The molecule has 0 atom stereocenters. The van der Waals surface area contributed by atoms with Crippen LogP contribution in [0.2, 0.25) is 15.1 Å². The van der Waals surface area contributed by atoms with Gasteiger partial charge in [0.25, 0.3) is 0 Å². The second-order valence-corrected chi connectivity index (χ2v) is 8.39. The molecule has 3 N–H and O–H groups in total. The Morgan fingerprint density at radius 3 is 2.67 bits per heavy atom. The van der Waals surface area contributed by atoms with Gasteiger partial charge in [0.2, 0.25) is 5.89 Å². The third-order valence-corrected chi connectivity index (χ3v) is 6.34. The van der Waals surface area contributed by atoms with Crippen molar-refractivity contribution >= 4 is 51.7 Å². The van der Waals surface area contributed by atoms with Crippen LogP contribution in [0, 0.1) is 0 Å². The Morgan fingerprint density at radius 1 is 1.07 bits per heavy atom. The molecular formula is C20H17Cl3N6O. The molecule has 1 aromatic carbocycles. The topological polar surface area (TPSA) is 94.8 Å². The molecule has 1 fully saturated rings. The van der Waals surface area contributed by atoms with Gasteiger partial charge in [-0.05, 0) is 38.1 Å². The van der Waals surface area contributed by atoms with Gasteiger partial charge < -0.3 is 15.5 Å². The molecule has 1 saturated heterocycles. The fraction of sp³-hybridized carbons (Fsp3) is 0.250. The molecule has 3 aromatic heterocycles. The van der Waals surface area contributed by atoms with Gasteiger partial charge in [0.05, 0.1) is 32.9 Å². The normalized spacial score (nSPS) is 15.2. The molecule has 1 aliphatic heterocycles. The number of hydrogen-bond acceptors (Lipinski definition) is 6. The summed E-state index contributed by atoms with van der Waals surface area (Å²) < 4.78 is 7.88. The molecule has 0 bridgehead atoms. The molecule has 0 unspecified atom stereocenters. The lowest BCUT2D eigenvalue weighted by molar-refractivity contribution is 0.343. The molecule has 0 radical (unpaired) electrons. The van der Waals surface area contributed by atoms with Crippen molar-refractivity contribution in [2.24, 2.45) is 0 Å². The van der Waals surface area contributed by atoms with Crippen molar-refractivity contribution in [1.29, 1.82) is 0 Å². The fourth-order valence-electron chi connectivity index (χ4n) is 3.66. The van der Waals surface area contributed by atoms with Crippen molar-refractivity contribution in [2.75, 3.05) is 18.8 Å². The lowest BCUT2D eigenvalue weighted by Crippen LogP contribution is -2.29. The van der Waals surface area contributed by atoms with Gasteiger partial charge in [0, 0.05) is 23.5 Å². The Kier molecular flexibility index (Phi) is 5.06. The molecule has 0 amide bonds. The number of halogens is 3. The van der Waals surface area contributed by atoms with E-state index in [-0.39, 0.29) is 16.7 Å². The number of anilines is 1. The third-order valence-electron chi connectivity index (χ3n) is 5.28. The lowest BCUT2D eigenvalue weighted by atomic mass is 10.1. The monoisotopic (exact) mass is 462 g/mol. The van der Waals surface area contributed by atoms with Crippen LogP contribution in [0.3, 0.4) is 0 Å². The predicted molar refractivity (Wildman–Crippen MR) is 119 cm³/mol. The lowest BCUT2D eigenvalue weighted by Gasteiger charge is -2.22. The second kappa shape index (κ2) is 7.74. The minimum atomic E-state index is 0.272. The number of benzene rings is 1. The number of oxazole rings is 1. The average Bonchev–Trinajstić information content (AvgIpc) is 3.41. The van der Waals surface area contributed by atoms with E-state index in [1.807, 2.05) is 23.1 Å². The van der Waals surface area contributed by atoms with Crippen molar-refractivity contribution in [3.8, 4) is 22.6 Å². The molecule has 0 saturated carbocycles. The Morgan fingerprint density at radius 2 is 1.87 bits per heavy atom. The number of piperidine rings is 1. The Bertz CT molecular complexity index is 1250. The molecule has 4 heterocycles. The summed E-state index contributed by atoms with van der Waals surface area (Å²) in [6.07, 6.45) is 7.69. The molecule has 1 aliphatic rings. The number of pyridine rings is 1. The SMILES string of the molecule is Nc1ncc(-c2cnn(C3CCNCC3)c2)cc1-c1nc2c(Cl)c(Cl)cc(Cl)c2o1. The Labute approximate surface area is 187 Å². The maximum atomic E-state index is 6.27. The first kappa shape index (κ1) is 19.6. The van der Waals surface area contributed by atoms with Crippen LogP contribution in [0.4, 0.5) is 5.82 Å². The average molecular weight is 464 g/mol. The number of hydrogen-bond donors (Lipinski definition) is 2. The van der Waals surface area contributed by atoms with E-state index in [4.69, 9.17) is 45.0 Å². The Hall–Kier alpha value is -2.32. The second-order valence-electron chi connectivity index (χ2n) is 7.20. The maximum Gasteiger partial charge on any atom is 0.231 e. The van der Waals surface area contributed by atoms with E-state index >= 15 is 0 Å². The van der Waals surface area contributed by atoms with Crippen LogP contribution < -0.4 is 11.1 Å². The summed E-state index contributed by atoms with van der Waals surface area (Å²) in [6.45, 7) is 2.00. The molecular weight excluding hydrogens is 447 g/mol. The summed E-state index contributed by atoms with van der Waals surface area (Å²) in [4.78, 5) is 8.79. The number of nitrogens with one attached hydrogen (secondary N) is 1. The molecule has 154 valence electrons. The summed E-state index contributed by atoms with van der Waals surface area (Å²) in [5, 5.41) is 8.82. The number of aromatic nitrogens is 4. The van der Waals surface area contributed by atoms with Gasteiger partial charge in [-0.3, -0.25) is 4.68 Å². The highest BCUT2D eigenvalue weighted by Crippen LogP contribution is 2.39. The first-order chi connectivity index (χ1) is 14.5. The fourth-order valence-corrected chi connectivity index (χ4v) is 4.34. The van der Waals surface area contributed by atoms with Crippen molar-refractivity contribution in [3.63, 3.8) is 0 Å². The van der Waals surface area contributed by atoms with Gasteiger partial charge in [-0.15, -0.1) is 0 Å². The number of nitrogens with two attached hydrogens (primary N) is 1. The summed E-state index contributed by atoms with van der Waals surface area (Å²) in [5.74, 6) is 0.558. The van der Waals surface area contributed by atoms with E-state index in [0.29, 0.717) is 32.8 Å². The summed E-state index contributed by atoms with van der Waals surface area (Å²) in [7, 11) is 0. The van der Waals surface area contributed by atoms with Gasteiger partial charge in [0.15, 0.2) is 5.58 Å². The van der Waals surface area contributed by atoms with Crippen LogP contribution in [0.25, 0.3) is 33.7 Å². The molecule has 5 rings (SSSR count). The highest BCUT2D eigenvalue weighted by molar-refractivity contribution is 6.47. The minimum Gasteiger partial charge on any atom is -0.434 e. The van der Waals surface area contributed by atoms with E-state index in [9.17, 15) is 0 Å².